The lowest BCUT2D eigenvalue weighted by Gasteiger charge is -2.36. The minimum absolute atomic E-state index is 0. The fourth-order valence-corrected chi connectivity index (χ4v) is 3.34. The highest BCUT2D eigenvalue weighted by Gasteiger charge is 2.21. The number of nitrogens with zero attached hydrogens (tertiary/aromatic N) is 3. The van der Waals surface area contributed by atoms with Crippen LogP contribution in [0, 0.1) is 0 Å². The van der Waals surface area contributed by atoms with Crippen molar-refractivity contribution >= 4 is 41.7 Å². The molecule has 1 amide bonds. The Bertz CT molecular complexity index is 720. The average Bonchev–Trinajstić information content (AvgIpc) is 2.68. The maximum absolute atomic E-state index is 11.9. The van der Waals surface area contributed by atoms with Gasteiger partial charge in [0.05, 0.1) is 6.54 Å². The van der Waals surface area contributed by atoms with E-state index in [-0.39, 0.29) is 24.0 Å². The van der Waals surface area contributed by atoms with E-state index in [9.17, 15) is 4.79 Å². The summed E-state index contributed by atoms with van der Waals surface area (Å²) in [4.78, 5) is 21.4. The Kier molecular flexibility index (Phi) is 12.3. The van der Waals surface area contributed by atoms with Gasteiger partial charge >= 0.3 is 6.09 Å². The van der Waals surface area contributed by atoms with Gasteiger partial charge in [0.1, 0.15) is 5.60 Å². The molecule has 1 aromatic rings. The van der Waals surface area contributed by atoms with Crippen LogP contribution in [0.1, 0.15) is 33.3 Å². The van der Waals surface area contributed by atoms with E-state index in [0.29, 0.717) is 6.04 Å². The third-order valence-electron chi connectivity index (χ3n) is 5.09. The highest BCUT2D eigenvalue weighted by atomic mass is 127. The van der Waals surface area contributed by atoms with Gasteiger partial charge in [-0.2, -0.15) is 0 Å². The van der Waals surface area contributed by atoms with Gasteiger partial charge in [0, 0.05) is 44.5 Å². The summed E-state index contributed by atoms with van der Waals surface area (Å²) in [6.45, 7) is 13.2. The molecule has 1 fully saturated rings. The van der Waals surface area contributed by atoms with Gasteiger partial charge in [0.15, 0.2) is 5.96 Å². The zero-order valence-electron chi connectivity index (χ0n) is 20.4. The predicted molar refractivity (Wildman–Crippen MR) is 143 cm³/mol. The molecule has 1 aliphatic heterocycles. The van der Waals surface area contributed by atoms with Crippen LogP contribution in [-0.2, 0) is 11.2 Å². The Labute approximate surface area is 210 Å². The lowest BCUT2D eigenvalue weighted by molar-refractivity contribution is 0.0636. The van der Waals surface area contributed by atoms with E-state index in [1.54, 1.807) is 0 Å². The molecule has 182 valence electrons. The Balaban J connectivity index is 0.00000512. The molecule has 0 spiro atoms. The number of rotatable bonds is 7. The number of carbonyl (C=O) groups is 1. The van der Waals surface area contributed by atoms with E-state index in [1.807, 2.05) is 45.0 Å². The zero-order valence-corrected chi connectivity index (χ0v) is 22.7. The van der Waals surface area contributed by atoms with E-state index in [4.69, 9.17) is 9.73 Å². The second-order valence-electron chi connectivity index (χ2n) is 9.12. The number of guanidine groups is 1. The molecule has 32 heavy (non-hydrogen) atoms. The van der Waals surface area contributed by atoms with Gasteiger partial charge in [-0.1, -0.05) is 12.1 Å². The first-order chi connectivity index (χ1) is 14.7. The van der Waals surface area contributed by atoms with Gasteiger partial charge in [-0.3, -0.25) is 15.2 Å². The van der Waals surface area contributed by atoms with Crippen LogP contribution in [-0.4, -0.2) is 86.9 Å². The van der Waals surface area contributed by atoms with Crippen molar-refractivity contribution in [3.05, 3.63) is 29.8 Å². The number of hydrogen-bond donors (Lipinski definition) is 3. The van der Waals surface area contributed by atoms with Gasteiger partial charge in [0.2, 0.25) is 0 Å². The van der Waals surface area contributed by atoms with E-state index >= 15 is 0 Å². The summed E-state index contributed by atoms with van der Waals surface area (Å²) in [5, 5.41) is 9.51. The second kappa shape index (κ2) is 13.8. The first-order valence-corrected chi connectivity index (χ1v) is 11.2. The predicted octanol–water partition coefficient (Wildman–Crippen LogP) is 3.00. The molecule has 0 aliphatic carbocycles. The van der Waals surface area contributed by atoms with Crippen LogP contribution < -0.4 is 16.0 Å². The van der Waals surface area contributed by atoms with Crippen molar-refractivity contribution in [1.29, 1.82) is 0 Å². The summed E-state index contributed by atoms with van der Waals surface area (Å²) >= 11 is 0. The van der Waals surface area contributed by atoms with Gasteiger partial charge in [-0.25, -0.2) is 4.79 Å². The van der Waals surface area contributed by atoms with E-state index in [2.05, 4.69) is 46.8 Å². The topological polar surface area (TPSA) is 81.2 Å². The fourth-order valence-electron chi connectivity index (χ4n) is 3.34. The summed E-state index contributed by atoms with van der Waals surface area (Å²) in [7, 11) is 4.34. The lowest BCUT2D eigenvalue weighted by atomic mass is 10.1. The Morgan fingerprint density at radius 3 is 2.47 bits per heavy atom. The number of nitrogens with one attached hydrogen (secondary N) is 3. The van der Waals surface area contributed by atoms with Crippen molar-refractivity contribution in [1.82, 2.24) is 20.4 Å². The molecule has 0 aromatic heterocycles. The smallest absolute Gasteiger partial charge is 0.412 e. The van der Waals surface area contributed by atoms with Crippen molar-refractivity contribution in [2.75, 3.05) is 58.7 Å². The highest BCUT2D eigenvalue weighted by Crippen LogP contribution is 2.13. The summed E-state index contributed by atoms with van der Waals surface area (Å²) in [6, 6.07) is 8.28. The normalized spacial score (nSPS) is 17.9. The molecule has 1 unspecified atom stereocenters. The number of anilines is 1. The minimum atomic E-state index is -0.510. The largest absolute Gasteiger partial charge is 0.444 e. The standard InChI is InChI=1S/C23H40N6O2.HI/c1-7-24-21(26-16-20-17-28(5)14-15-29(20)6)25-13-12-18-8-10-19(11-9-18)27-22(30)31-23(2,3)4;/h8-11,20H,7,12-17H2,1-6H3,(H,27,30)(H2,24,25,26);1H. The lowest BCUT2D eigenvalue weighted by Crippen LogP contribution is -2.51. The molecule has 9 heteroatoms. The molecule has 3 N–H and O–H groups in total. The monoisotopic (exact) mass is 560 g/mol. The fraction of sp³-hybridized carbons (Fsp3) is 0.652. The third-order valence-corrected chi connectivity index (χ3v) is 5.09. The Hall–Kier alpha value is -1.59. The molecule has 1 atom stereocenters. The van der Waals surface area contributed by atoms with Crippen LogP contribution in [0.2, 0.25) is 0 Å². The van der Waals surface area contributed by atoms with Crippen molar-refractivity contribution in [2.45, 2.75) is 45.8 Å². The maximum Gasteiger partial charge on any atom is 0.412 e. The Morgan fingerprint density at radius 2 is 1.84 bits per heavy atom. The van der Waals surface area contributed by atoms with Crippen LogP contribution in [0.3, 0.4) is 0 Å². The molecule has 1 aliphatic rings. The van der Waals surface area contributed by atoms with Crippen LogP contribution in [0.15, 0.2) is 29.3 Å². The molecule has 0 bridgehead atoms. The number of hydrogen-bond acceptors (Lipinski definition) is 5. The minimum Gasteiger partial charge on any atom is -0.444 e. The van der Waals surface area contributed by atoms with Gasteiger partial charge < -0.3 is 20.3 Å². The number of halogens is 1. The SMILES string of the molecule is CCNC(=NCC1CN(C)CCN1C)NCCc1ccc(NC(=O)OC(C)(C)C)cc1.I. The number of carbonyl (C=O) groups excluding carboxylic acids is 1. The van der Waals surface area contributed by atoms with Crippen molar-refractivity contribution in [3.63, 3.8) is 0 Å². The average molecular weight is 561 g/mol. The van der Waals surface area contributed by atoms with Crippen molar-refractivity contribution in [2.24, 2.45) is 4.99 Å². The molecular formula is C23H41IN6O2. The molecular weight excluding hydrogens is 519 g/mol. The molecule has 1 heterocycles. The van der Waals surface area contributed by atoms with Gasteiger partial charge in [-0.05, 0) is 65.9 Å². The maximum atomic E-state index is 11.9. The third kappa shape index (κ3) is 10.8. The van der Waals surface area contributed by atoms with Crippen LogP contribution in [0.4, 0.5) is 10.5 Å². The number of likely N-dealkylation sites (N-methyl/N-ethyl adjacent to an activating group) is 2. The zero-order chi connectivity index (χ0) is 22.9. The van der Waals surface area contributed by atoms with Crippen molar-refractivity contribution < 1.29 is 9.53 Å². The first kappa shape index (κ1) is 28.4. The van der Waals surface area contributed by atoms with Crippen LogP contribution in [0.5, 0.6) is 0 Å². The molecule has 0 saturated carbocycles. The quantitative estimate of drug-likeness (QED) is 0.271. The van der Waals surface area contributed by atoms with Gasteiger partial charge in [0.25, 0.3) is 0 Å². The van der Waals surface area contributed by atoms with E-state index in [0.717, 1.165) is 57.3 Å². The molecule has 1 saturated heterocycles. The highest BCUT2D eigenvalue weighted by molar-refractivity contribution is 14.0. The number of ether oxygens (including phenoxy) is 1. The van der Waals surface area contributed by atoms with Crippen molar-refractivity contribution in [3.8, 4) is 0 Å². The Morgan fingerprint density at radius 1 is 1.16 bits per heavy atom. The molecule has 8 nitrogen and oxygen atoms in total. The first-order valence-electron chi connectivity index (χ1n) is 11.2. The number of aliphatic imine (C=N–C) groups is 1. The number of benzene rings is 1. The van der Waals surface area contributed by atoms with Crippen LogP contribution in [0.25, 0.3) is 0 Å². The summed E-state index contributed by atoms with van der Waals surface area (Å²) in [5.74, 6) is 0.854. The van der Waals surface area contributed by atoms with Gasteiger partial charge in [-0.15, -0.1) is 24.0 Å². The summed E-state index contributed by atoms with van der Waals surface area (Å²) in [6.07, 6.45) is 0.423. The van der Waals surface area contributed by atoms with E-state index in [1.165, 1.54) is 5.56 Å². The summed E-state index contributed by atoms with van der Waals surface area (Å²) < 4.78 is 5.28. The number of piperazine rings is 1. The van der Waals surface area contributed by atoms with Crippen LogP contribution >= 0.6 is 24.0 Å². The summed E-state index contributed by atoms with van der Waals surface area (Å²) in [5.41, 5.74) is 1.40. The molecule has 0 radical (unpaired) electrons. The van der Waals surface area contributed by atoms with E-state index < -0.39 is 11.7 Å². The second-order valence-corrected chi connectivity index (χ2v) is 9.12. The number of amides is 1. The molecule has 1 aromatic carbocycles. The molecule has 2 rings (SSSR count).